The molecule has 1 atom stereocenters. The molecule has 0 spiro atoms. The third kappa shape index (κ3) is 2.98. The van der Waals surface area contributed by atoms with Gasteiger partial charge in [-0.3, -0.25) is 4.79 Å². The number of esters is 1. The normalized spacial score (nSPS) is 18.9. The number of carbonyl (C=O) groups excluding carboxylic acids is 2. The Kier molecular flexibility index (Phi) is 3.88. The van der Waals surface area contributed by atoms with Crippen LogP contribution in [-0.4, -0.2) is 44.3 Å². The zero-order valence-corrected chi connectivity index (χ0v) is 12.0. The first-order valence-corrected chi connectivity index (χ1v) is 7.58. The number of carbonyl (C=O) groups is 2. The van der Waals surface area contributed by atoms with Gasteiger partial charge in [0.25, 0.3) is 0 Å². The van der Waals surface area contributed by atoms with Crippen LogP contribution in [0.1, 0.15) is 16.8 Å². The Morgan fingerprint density at radius 1 is 1.48 bits per heavy atom. The summed E-state index contributed by atoms with van der Waals surface area (Å²) in [6.45, 7) is -0.171. The highest BCUT2D eigenvalue weighted by Crippen LogP contribution is 2.32. The number of benzene rings is 1. The average molecular weight is 314 g/mol. The van der Waals surface area contributed by atoms with Crippen molar-refractivity contribution in [1.82, 2.24) is 0 Å². The maximum Gasteiger partial charge on any atom is 0.337 e. The van der Waals surface area contributed by atoms with E-state index in [4.69, 9.17) is 5.14 Å². The molecule has 114 valence electrons. The van der Waals surface area contributed by atoms with E-state index in [0.717, 1.165) is 4.90 Å². The molecule has 0 aromatic heterocycles. The van der Waals surface area contributed by atoms with Crippen molar-refractivity contribution in [1.29, 1.82) is 0 Å². The molecule has 3 N–H and O–H groups in total. The van der Waals surface area contributed by atoms with E-state index in [2.05, 4.69) is 4.74 Å². The first-order valence-electron chi connectivity index (χ1n) is 5.97. The second-order valence-electron chi connectivity index (χ2n) is 4.61. The van der Waals surface area contributed by atoms with Gasteiger partial charge >= 0.3 is 5.97 Å². The fourth-order valence-corrected chi connectivity index (χ4v) is 2.84. The fourth-order valence-electron chi connectivity index (χ4n) is 2.11. The largest absolute Gasteiger partial charge is 0.506 e. The van der Waals surface area contributed by atoms with E-state index in [1.54, 1.807) is 0 Å². The molecule has 8 nitrogen and oxygen atoms in total. The van der Waals surface area contributed by atoms with Gasteiger partial charge in [-0.2, -0.15) is 0 Å². The summed E-state index contributed by atoms with van der Waals surface area (Å²) in [5.74, 6) is -1.37. The van der Waals surface area contributed by atoms with Gasteiger partial charge in [0.2, 0.25) is 15.9 Å². The summed E-state index contributed by atoms with van der Waals surface area (Å²) >= 11 is 0. The zero-order valence-electron chi connectivity index (χ0n) is 11.1. The predicted molar refractivity (Wildman–Crippen MR) is 73.3 cm³/mol. The Morgan fingerprint density at radius 3 is 2.67 bits per heavy atom. The second-order valence-corrected chi connectivity index (χ2v) is 6.46. The summed E-state index contributed by atoms with van der Waals surface area (Å²) in [7, 11) is -2.65. The predicted octanol–water partition coefficient (Wildman–Crippen LogP) is -0.427. The van der Waals surface area contributed by atoms with Crippen molar-refractivity contribution in [2.45, 2.75) is 11.7 Å². The summed E-state index contributed by atoms with van der Waals surface area (Å²) < 4.78 is 27.2. The molecule has 1 aromatic rings. The molecule has 1 aliphatic heterocycles. The van der Waals surface area contributed by atoms with E-state index in [-0.39, 0.29) is 30.0 Å². The van der Waals surface area contributed by atoms with Crippen LogP contribution in [0.3, 0.4) is 0 Å². The van der Waals surface area contributed by atoms with Gasteiger partial charge in [-0.05, 0) is 18.2 Å². The highest BCUT2D eigenvalue weighted by atomic mass is 32.2. The van der Waals surface area contributed by atoms with Crippen LogP contribution in [0.5, 0.6) is 5.75 Å². The number of rotatable bonds is 3. The number of sulfonamides is 1. The number of primary sulfonamides is 1. The zero-order chi connectivity index (χ0) is 15.8. The Hall–Kier alpha value is -2.13. The van der Waals surface area contributed by atoms with Crippen molar-refractivity contribution in [2.75, 3.05) is 18.6 Å². The summed E-state index contributed by atoms with van der Waals surface area (Å²) in [5, 5.41) is 13.8. The number of anilines is 1. The molecule has 1 unspecified atom stereocenters. The van der Waals surface area contributed by atoms with Crippen LogP contribution in [0.25, 0.3) is 0 Å². The highest BCUT2D eigenvalue weighted by Gasteiger charge is 2.38. The SMILES string of the molecule is COC(=O)c1ccc(O)c(N2CC(S(N)(=O)=O)CC2=O)c1. The Labute approximate surface area is 121 Å². The molecule has 0 saturated carbocycles. The molecule has 1 heterocycles. The van der Waals surface area contributed by atoms with Gasteiger partial charge in [0.1, 0.15) is 11.0 Å². The van der Waals surface area contributed by atoms with Crippen LogP contribution < -0.4 is 10.0 Å². The van der Waals surface area contributed by atoms with Crippen LogP contribution in [0.2, 0.25) is 0 Å². The second kappa shape index (κ2) is 5.34. The van der Waals surface area contributed by atoms with Crippen molar-refractivity contribution in [2.24, 2.45) is 5.14 Å². The molecule has 1 saturated heterocycles. The number of phenolic OH excluding ortho intramolecular Hbond substituents is 1. The molecule has 0 aliphatic carbocycles. The van der Waals surface area contributed by atoms with E-state index >= 15 is 0 Å². The first-order chi connectivity index (χ1) is 9.74. The minimum absolute atomic E-state index is 0.0500. The highest BCUT2D eigenvalue weighted by molar-refractivity contribution is 7.89. The minimum Gasteiger partial charge on any atom is -0.506 e. The lowest BCUT2D eigenvalue weighted by atomic mass is 10.1. The summed E-state index contributed by atoms with van der Waals surface area (Å²) in [5.41, 5.74) is 0.186. The van der Waals surface area contributed by atoms with Crippen LogP contribution >= 0.6 is 0 Å². The molecule has 1 aliphatic rings. The van der Waals surface area contributed by atoms with Gasteiger partial charge in [0.05, 0.1) is 18.4 Å². The molecule has 1 aromatic carbocycles. The smallest absolute Gasteiger partial charge is 0.337 e. The third-order valence-corrected chi connectivity index (χ3v) is 4.49. The molecule has 0 radical (unpaired) electrons. The van der Waals surface area contributed by atoms with Gasteiger partial charge in [-0.15, -0.1) is 0 Å². The Balaban J connectivity index is 2.38. The monoisotopic (exact) mass is 314 g/mol. The lowest BCUT2D eigenvalue weighted by Crippen LogP contribution is -2.32. The maximum atomic E-state index is 11.9. The number of nitrogens with two attached hydrogens (primary N) is 1. The molecule has 0 bridgehead atoms. The van der Waals surface area contributed by atoms with Gasteiger partial charge in [0, 0.05) is 13.0 Å². The van der Waals surface area contributed by atoms with Gasteiger partial charge in [-0.25, -0.2) is 18.4 Å². The van der Waals surface area contributed by atoms with Crippen molar-refractivity contribution in [3.8, 4) is 5.75 Å². The average Bonchev–Trinajstić information content (AvgIpc) is 2.80. The van der Waals surface area contributed by atoms with Crippen molar-refractivity contribution >= 4 is 27.6 Å². The summed E-state index contributed by atoms with van der Waals surface area (Å²) in [4.78, 5) is 24.5. The summed E-state index contributed by atoms with van der Waals surface area (Å²) in [6, 6.07) is 3.84. The molecular formula is C12H14N2O6S. The lowest BCUT2D eigenvalue weighted by molar-refractivity contribution is -0.117. The standard InChI is InChI=1S/C12H14N2O6S/c1-20-12(17)7-2-3-10(15)9(4-7)14-6-8(5-11(14)16)21(13,18)19/h2-4,8,15H,5-6H2,1H3,(H2,13,18,19). The van der Waals surface area contributed by atoms with E-state index in [1.807, 2.05) is 0 Å². The summed E-state index contributed by atoms with van der Waals surface area (Å²) in [6.07, 6.45) is -0.263. The minimum atomic E-state index is -3.86. The molecule has 21 heavy (non-hydrogen) atoms. The third-order valence-electron chi connectivity index (χ3n) is 3.24. The van der Waals surface area contributed by atoms with Crippen molar-refractivity contribution < 1.29 is 27.9 Å². The molecule has 2 rings (SSSR count). The fraction of sp³-hybridized carbons (Fsp3) is 0.333. The first kappa shape index (κ1) is 15.3. The van der Waals surface area contributed by atoms with Crippen molar-refractivity contribution in [3.63, 3.8) is 0 Å². The maximum absolute atomic E-state index is 11.9. The van der Waals surface area contributed by atoms with E-state index in [0.29, 0.717) is 0 Å². The van der Waals surface area contributed by atoms with E-state index in [1.165, 1.54) is 25.3 Å². The van der Waals surface area contributed by atoms with E-state index < -0.39 is 27.1 Å². The number of hydrogen-bond donors (Lipinski definition) is 2. The number of methoxy groups -OCH3 is 1. The molecular weight excluding hydrogens is 300 g/mol. The van der Waals surface area contributed by atoms with Gasteiger partial charge in [-0.1, -0.05) is 0 Å². The number of amides is 1. The van der Waals surface area contributed by atoms with Crippen LogP contribution in [0, 0.1) is 0 Å². The molecule has 9 heteroatoms. The quantitative estimate of drug-likeness (QED) is 0.729. The van der Waals surface area contributed by atoms with Crippen molar-refractivity contribution in [3.05, 3.63) is 23.8 Å². The lowest BCUT2D eigenvalue weighted by Gasteiger charge is -2.18. The van der Waals surface area contributed by atoms with Crippen LogP contribution in [-0.2, 0) is 19.6 Å². The number of aromatic hydroxyl groups is 1. The number of hydrogen-bond acceptors (Lipinski definition) is 6. The number of nitrogens with zero attached hydrogens (tertiary/aromatic N) is 1. The molecule has 1 amide bonds. The van der Waals surface area contributed by atoms with Gasteiger partial charge in [0.15, 0.2) is 0 Å². The van der Waals surface area contributed by atoms with Crippen LogP contribution in [0.4, 0.5) is 5.69 Å². The van der Waals surface area contributed by atoms with Gasteiger partial charge < -0.3 is 14.7 Å². The molecule has 1 fully saturated rings. The van der Waals surface area contributed by atoms with Crippen LogP contribution in [0.15, 0.2) is 18.2 Å². The Morgan fingerprint density at radius 2 is 2.14 bits per heavy atom. The number of ether oxygens (including phenoxy) is 1. The Bertz CT molecular complexity index is 700. The van der Waals surface area contributed by atoms with E-state index in [9.17, 15) is 23.1 Å². The number of phenols is 1. The topological polar surface area (TPSA) is 127 Å².